The topological polar surface area (TPSA) is 151 Å². The third kappa shape index (κ3) is 4.73. The fourth-order valence-electron chi connectivity index (χ4n) is 3.50. The van der Waals surface area contributed by atoms with Crippen molar-refractivity contribution in [1.29, 1.82) is 0 Å². The SMILES string of the molecule is CC[C@@H](Nc1c(Nc2ccc(Cl)c(S(=O)(=O)Nc3ccncc3)c2O)c(=O)c1=O)c1ccc(C)o1. The Balaban J connectivity index is 1.65. The predicted molar refractivity (Wildman–Crippen MR) is 133 cm³/mol. The van der Waals surface area contributed by atoms with Gasteiger partial charge in [-0.05, 0) is 49.7 Å². The maximum Gasteiger partial charge on any atom is 0.267 e. The third-order valence-corrected chi connectivity index (χ3v) is 7.17. The highest BCUT2D eigenvalue weighted by Gasteiger charge is 2.29. The summed E-state index contributed by atoms with van der Waals surface area (Å²) in [6, 6.07) is 8.59. The normalized spacial score (nSPS) is 12.4. The maximum absolute atomic E-state index is 12.9. The predicted octanol–water partition coefficient (Wildman–Crippen LogP) is 4.05. The van der Waals surface area contributed by atoms with E-state index in [0.29, 0.717) is 17.9 Å². The van der Waals surface area contributed by atoms with Gasteiger partial charge < -0.3 is 20.2 Å². The van der Waals surface area contributed by atoms with Crippen LogP contribution in [0.3, 0.4) is 0 Å². The lowest BCUT2D eigenvalue weighted by Crippen LogP contribution is -2.37. The summed E-state index contributed by atoms with van der Waals surface area (Å²) in [7, 11) is -4.31. The molecule has 0 fully saturated rings. The molecule has 0 aliphatic carbocycles. The molecule has 182 valence electrons. The monoisotopic (exact) mass is 516 g/mol. The molecule has 0 saturated carbocycles. The molecule has 4 rings (SSSR count). The molecule has 0 unspecified atom stereocenters. The molecule has 0 saturated heterocycles. The first kappa shape index (κ1) is 24.3. The number of hydrogen-bond acceptors (Lipinski definition) is 9. The van der Waals surface area contributed by atoms with Crippen LogP contribution >= 0.6 is 11.6 Å². The molecule has 0 radical (unpaired) electrons. The second-order valence-corrected chi connectivity index (χ2v) is 9.73. The molecular weight excluding hydrogens is 496 g/mol. The van der Waals surface area contributed by atoms with E-state index in [1.54, 1.807) is 19.1 Å². The number of nitrogens with zero attached hydrogens (tertiary/aromatic N) is 1. The zero-order chi connectivity index (χ0) is 25.3. The van der Waals surface area contributed by atoms with E-state index < -0.39 is 31.5 Å². The number of pyridine rings is 1. The number of halogens is 1. The third-order valence-electron chi connectivity index (χ3n) is 5.29. The molecule has 2 aromatic carbocycles. The van der Waals surface area contributed by atoms with E-state index in [4.69, 9.17) is 16.0 Å². The van der Waals surface area contributed by atoms with Crippen LogP contribution in [0.2, 0.25) is 5.02 Å². The zero-order valence-electron chi connectivity index (χ0n) is 18.6. The van der Waals surface area contributed by atoms with Gasteiger partial charge in [0.15, 0.2) is 5.75 Å². The van der Waals surface area contributed by atoms with Crippen molar-refractivity contribution in [3.8, 4) is 5.75 Å². The van der Waals surface area contributed by atoms with Gasteiger partial charge in [-0.3, -0.25) is 19.3 Å². The highest BCUT2D eigenvalue weighted by molar-refractivity contribution is 7.93. The summed E-state index contributed by atoms with van der Waals surface area (Å²) in [4.78, 5) is 27.8. The van der Waals surface area contributed by atoms with Crippen LogP contribution in [0.5, 0.6) is 5.75 Å². The standard InChI is InChI=1S/C23H21ClN4O6S/c1-3-15(17-7-4-12(2)34-17)26-18-19(22(31)21(18)30)27-16-6-5-14(24)23(20(16)29)35(32,33)28-13-8-10-25-11-9-13/h4-11,15,26-27,29H,3H2,1-2H3,(H,25,28)/t15-/m1/s1. The lowest BCUT2D eigenvalue weighted by atomic mass is 10.1. The van der Waals surface area contributed by atoms with E-state index in [-0.39, 0.29) is 33.8 Å². The summed E-state index contributed by atoms with van der Waals surface area (Å²) in [5, 5.41) is 16.2. The van der Waals surface area contributed by atoms with Gasteiger partial charge >= 0.3 is 0 Å². The molecule has 0 aliphatic heterocycles. The van der Waals surface area contributed by atoms with E-state index in [1.165, 1.54) is 36.7 Å². The molecule has 10 nitrogen and oxygen atoms in total. The molecular formula is C23H21ClN4O6S. The Morgan fingerprint density at radius 2 is 1.74 bits per heavy atom. The van der Waals surface area contributed by atoms with Gasteiger partial charge in [-0.1, -0.05) is 18.5 Å². The summed E-state index contributed by atoms with van der Waals surface area (Å²) >= 11 is 6.10. The fourth-order valence-corrected chi connectivity index (χ4v) is 5.20. The number of phenolic OH excluding ortho intramolecular Hbond substituents is 1. The largest absolute Gasteiger partial charge is 0.504 e. The number of nitrogens with one attached hydrogen (secondary N) is 3. The van der Waals surface area contributed by atoms with E-state index in [2.05, 4.69) is 20.3 Å². The highest BCUT2D eigenvalue weighted by atomic mass is 35.5. The number of aromatic hydroxyl groups is 1. The summed E-state index contributed by atoms with van der Waals surface area (Å²) in [6.45, 7) is 3.67. The van der Waals surface area contributed by atoms with E-state index in [0.717, 1.165) is 0 Å². The number of sulfonamides is 1. The molecule has 4 aromatic rings. The van der Waals surface area contributed by atoms with Crippen LogP contribution in [0.4, 0.5) is 22.7 Å². The minimum atomic E-state index is -4.31. The number of benzene rings is 1. The van der Waals surface area contributed by atoms with E-state index in [9.17, 15) is 23.1 Å². The first-order valence-electron chi connectivity index (χ1n) is 10.5. The Hall–Kier alpha value is -3.83. The number of phenols is 1. The van der Waals surface area contributed by atoms with Crippen molar-refractivity contribution in [3.05, 3.63) is 85.8 Å². The number of hydrogen-bond donors (Lipinski definition) is 4. The fraction of sp³-hybridized carbons (Fsp3) is 0.174. The van der Waals surface area contributed by atoms with Gasteiger partial charge in [-0.15, -0.1) is 0 Å². The zero-order valence-corrected chi connectivity index (χ0v) is 20.2. The molecule has 35 heavy (non-hydrogen) atoms. The first-order valence-corrected chi connectivity index (χ1v) is 12.4. The molecule has 0 bridgehead atoms. The molecule has 12 heteroatoms. The van der Waals surface area contributed by atoms with Crippen LogP contribution in [0.15, 0.2) is 67.7 Å². The van der Waals surface area contributed by atoms with Gasteiger partial charge in [0, 0.05) is 12.4 Å². The minimum absolute atomic E-state index is 0.00423. The van der Waals surface area contributed by atoms with Crippen molar-refractivity contribution in [1.82, 2.24) is 4.98 Å². The van der Waals surface area contributed by atoms with Gasteiger partial charge in [-0.25, -0.2) is 8.42 Å². The van der Waals surface area contributed by atoms with Gasteiger partial charge in [0.1, 0.15) is 27.8 Å². The first-order chi connectivity index (χ1) is 16.6. The summed E-state index contributed by atoms with van der Waals surface area (Å²) in [6.07, 6.45) is 3.34. The Morgan fingerprint density at radius 3 is 2.37 bits per heavy atom. The van der Waals surface area contributed by atoms with Crippen LogP contribution in [-0.4, -0.2) is 18.5 Å². The second kappa shape index (κ2) is 9.43. The number of aromatic nitrogens is 1. The molecule has 0 amide bonds. The summed E-state index contributed by atoms with van der Waals surface area (Å²) in [5.41, 5.74) is -1.58. The van der Waals surface area contributed by atoms with Crippen LogP contribution in [-0.2, 0) is 10.0 Å². The van der Waals surface area contributed by atoms with Gasteiger partial charge in [0.05, 0.1) is 22.4 Å². The minimum Gasteiger partial charge on any atom is -0.504 e. The van der Waals surface area contributed by atoms with E-state index >= 15 is 0 Å². The molecule has 2 aromatic heterocycles. The molecule has 1 atom stereocenters. The number of aryl methyl sites for hydroxylation is 1. The summed E-state index contributed by atoms with van der Waals surface area (Å²) < 4.78 is 33.8. The lowest BCUT2D eigenvalue weighted by molar-refractivity contribution is 0.452. The smallest absolute Gasteiger partial charge is 0.267 e. The molecule has 0 spiro atoms. The quantitative estimate of drug-likeness (QED) is 0.191. The highest BCUT2D eigenvalue weighted by Crippen LogP contribution is 2.39. The average molecular weight is 517 g/mol. The summed E-state index contributed by atoms with van der Waals surface area (Å²) in [5.74, 6) is 0.574. The molecule has 0 aliphatic rings. The maximum atomic E-state index is 12.9. The Bertz CT molecular complexity index is 1560. The van der Waals surface area contributed by atoms with Crippen LogP contribution in [0, 0.1) is 6.92 Å². The number of anilines is 4. The number of furan rings is 1. The Labute approximate surface area is 205 Å². The van der Waals surface area contributed by atoms with Crippen LogP contribution < -0.4 is 26.2 Å². The average Bonchev–Trinajstić information content (AvgIpc) is 3.25. The van der Waals surface area contributed by atoms with Crippen LogP contribution in [0.1, 0.15) is 30.9 Å². The van der Waals surface area contributed by atoms with Crippen molar-refractivity contribution in [2.24, 2.45) is 0 Å². The lowest BCUT2D eigenvalue weighted by Gasteiger charge is -2.21. The molecule has 2 heterocycles. The van der Waals surface area contributed by atoms with Crippen molar-refractivity contribution in [2.75, 3.05) is 15.4 Å². The Kier molecular flexibility index (Phi) is 6.55. The second-order valence-electron chi connectivity index (χ2n) is 7.70. The Morgan fingerprint density at radius 1 is 1.06 bits per heavy atom. The van der Waals surface area contributed by atoms with Crippen molar-refractivity contribution < 1.29 is 17.9 Å². The van der Waals surface area contributed by atoms with Crippen molar-refractivity contribution in [2.45, 2.75) is 31.2 Å². The van der Waals surface area contributed by atoms with Gasteiger partial charge in [0.2, 0.25) is 0 Å². The van der Waals surface area contributed by atoms with Crippen molar-refractivity contribution in [3.63, 3.8) is 0 Å². The number of rotatable bonds is 9. The van der Waals surface area contributed by atoms with Gasteiger partial charge in [0.25, 0.3) is 20.9 Å². The van der Waals surface area contributed by atoms with E-state index in [1.807, 2.05) is 6.92 Å². The van der Waals surface area contributed by atoms with Crippen LogP contribution in [0.25, 0.3) is 0 Å². The van der Waals surface area contributed by atoms with Crippen molar-refractivity contribution >= 4 is 44.4 Å². The molecule has 4 N–H and O–H groups in total. The van der Waals surface area contributed by atoms with Gasteiger partial charge in [-0.2, -0.15) is 0 Å².